The van der Waals surface area contributed by atoms with Crippen molar-refractivity contribution in [3.63, 3.8) is 0 Å². The first-order chi connectivity index (χ1) is 12.9. The second-order valence-electron chi connectivity index (χ2n) is 6.25. The van der Waals surface area contributed by atoms with E-state index in [-0.39, 0.29) is 17.5 Å². The van der Waals surface area contributed by atoms with E-state index in [0.29, 0.717) is 17.9 Å². The fourth-order valence-electron chi connectivity index (χ4n) is 2.91. The van der Waals surface area contributed by atoms with Crippen molar-refractivity contribution in [1.82, 2.24) is 15.1 Å². The van der Waals surface area contributed by atoms with Crippen LogP contribution in [0.3, 0.4) is 0 Å². The monoisotopic (exact) mass is 375 g/mol. The molecule has 1 atom stereocenters. The molecule has 7 heteroatoms. The molecule has 0 saturated carbocycles. The summed E-state index contributed by atoms with van der Waals surface area (Å²) in [5.41, 5.74) is 2.24. The van der Waals surface area contributed by atoms with Gasteiger partial charge in [-0.1, -0.05) is 6.07 Å². The van der Waals surface area contributed by atoms with E-state index in [0.717, 1.165) is 17.3 Å². The van der Waals surface area contributed by atoms with Crippen molar-refractivity contribution in [3.8, 4) is 11.4 Å². The molecule has 0 fully saturated rings. The largest absolute Gasteiger partial charge is 0.497 e. The highest BCUT2D eigenvalue weighted by Gasteiger charge is 2.17. The molecule has 4 nitrogen and oxygen atoms in total. The topological polar surface area (TPSA) is 39.1 Å². The number of hydrogen-bond acceptors (Lipinski definition) is 3. The summed E-state index contributed by atoms with van der Waals surface area (Å²) < 4.78 is 47.6. The second-order valence-corrected chi connectivity index (χ2v) is 6.25. The predicted octanol–water partition coefficient (Wildman–Crippen LogP) is 4.46. The van der Waals surface area contributed by atoms with Gasteiger partial charge in [0.05, 0.1) is 13.3 Å². The Morgan fingerprint density at radius 2 is 1.89 bits per heavy atom. The molecule has 0 spiro atoms. The van der Waals surface area contributed by atoms with E-state index in [2.05, 4.69) is 10.4 Å². The average Bonchev–Trinajstić information content (AvgIpc) is 3.01. The minimum Gasteiger partial charge on any atom is -0.497 e. The van der Waals surface area contributed by atoms with Crippen LogP contribution in [0.5, 0.6) is 5.75 Å². The third kappa shape index (κ3) is 3.98. The van der Waals surface area contributed by atoms with Gasteiger partial charge in [-0.05, 0) is 32.0 Å². The van der Waals surface area contributed by atoms with Gasteiger partial charge in [0.2, 0.25) is 0 Å². The van der Waals surface area contributed by atoms with Gasteiger partial charge < -0.3 is 10.1 Å². The fraction of sp³-hybridized carbons (Fsp3) is 0.250. The van der Waals surface area contributed by atoms with Crippen LogP contribution in [0.1, 0.15) is 29.8 Å². The van der Waals surface area contributed by atoms with E-state index in [9.17, 15) is 13.2 Å². The lowest BCUT2D eigenvalue weighted by Crippen LogP contribution is -2.19. The maximum atomic E-state index is 14.1. The zero-order valence-electron chi connectivity index (χ0n) is 15.3. The Hall–Kier alpha value is -2.80. The van der Waals surface area contributed by atoms with Crippen LogP contribution in [-0.4, -0.2) is 16.9 Å². The molecule has 0 unspecified atom stereocenters. The quantitative estimate of drug-likeness (QED) is 0.692. The predicted molar refractivity (Wildman–Crippen MR) is 96.4 cm³/mol. The van der Waals surface area contributed by atoms with Crippen LogP contribution in [0.4, 0.5) is 13.2 Å². The normalized spacial score (nSPS) is 12.2. The van der Waals surface area contributed by atoms with Crippen LogP contribution in [0.15, 0.2) is 42.6 Å². The van der Waals surface area contributed by atoms with Crippen LogP contribution in [0.25, 0.3) is 5.69 Å². The number of rotatable bonds is 6. The number of ether oxygens (including phenoxy) is 1. The molecule has 1 heterocycles. The first-order valence-electron chi connectivity index (χ1n) is 8.46. The molecular weight excluding hydrogens is 355 g/mol. The standard InChI is InChI=1S/C20H20F3N3O/c1-12(24-10-14-4-6-16(27-3)9-18(14)22)17-11-25-26(13(17)2)20-7-5-15(21)8-19(20)23/h4-9,11-12,24H,10H2,1-3H3/t12-/m0/s1. The van der Waals surface area contributed by atoms with Crippen LogP contribution in [0, 0.1) is 24.4 Å². The Morgan fingerprint density at radius 3 is 2.56 bits per heavy atom. The average molecular weight is 375 g/mol. The number of benzene rings is 2. The van der Waals surface area contributed by atoms with Gasteiger partial charge in [-0.25, -0.2) is 17.9 Å². The Kier molecular flexibility index (Phi) is 5.51. The minimum atomic E-state index is -0.686. The van der Waals surface area contributed by atoms with Crippen molar-refractivity contribution >= 4 is 0 Å². The highest BCUT2D eigenvalue weighted by Crippen LogP contribution is 2.23. The summed E-state index contributed by atoms with van der Waals surface area (Å²) in [6, 6.07) is 7.91. The van der Waals surface area contributed by atoms with E-state index in [1.807, 2.05) is 6.92 Å². The Labute approximate surface area is 155 Å². The summed E-state index contributed by atoms with van der Waals surface area (Å²) in [6.45, 7) is 4.03. The van der Waals surface area contributed by atoms with E-state index in [1.54, 1.807) is 25.3 Å². The Balaban J connectivity index is 1.76. The van der Waals surface area contributed by atoms with E-state index in [1.165, 1.54) is 30.0 Å². The molecule has 3 aromatic rings. The van der Waals surface area contributed by atoms with Crippen molar-refractivity contribution in [1.29, 1.82) is 0 Å². The summed E-state index contributed by atoms with van der Waals surface area (Å²) >= 11 is 0. The first kappa shape index (κ1) is 19.0. The highest BCUT2D eigenvalue weighted by molar-refractivity contribution is 5.37. The zero-order chi connectivity index (χ0) is 19.6. The smallest absolute Gasteiger partial charge is 0.151 e. The first-order valence-corrected chi connectivity index (χ1v) is 8.46. The summed E-state index contributed by atoms with van der Waals surface area (Å²) in [5.74, 6) is -1.22. The molecule has 142 valence electrons. The lowest BCUT2D eigenvalue weighted by Gasteiger charge is -2.15. The van der Waals surface area contributed by atoms with Crippen LogP contribution >= 0.6 is 0 Å². The maximum absolute atomic E-state index is 14.1. The number of hydrogen-bond donors (Lipinski definition) is 1. The maximum Gasteiger partial charge on any atom is 0.151 e. The van der Waals surface area contributed by atoms with Gasteiger partial charge in [0, 0.05) is 41.5 Å². The number of methoxy groups -OCH3 is 1. The van der Waals surface area contributed by atoms with Crippen LogP contribution < -0.4 is 10.1 Å². The molecule has 0 radical (unpaired) electrons. The molecule has 1 aromatic heterocycles. The lowest BCUT2D eigenvalue weighted by atomic mass is 10.1. The molecule has 3 rings (SSSR count). The molecule has 0 amide bonds. The van der Waals surface area contributed by atoms with Gasteiger partial charge >= 0.3 is 0 Å². The summed E-state index contributed by atoms with van der Waals surface area (Å²) in [4.78, 5) is 0. The van der Waals surface area contributed by atoms with Crippen LogP contribution in [0.2, 0.25) is 0 Å². The van der Waals surface area contributed by atoms with Gasteiger partial charge in [-0.15, -0.1) is 0 Å². The molecule has 1 N–H and O–H groups in total. The molecule has 27 heavy (non-hydrogen) atoms. The molecule has 0 aliphatic rings. The molecule has 2 aromatic carbocycles. The van der Waals surface area contributed by atoms with Crippen LogP contribution in [-0.2, 0) is 6.54 Å². The summed E-state index contributed by atoms with van der Waals surface area (Å²) in [6.07, 6.45) is 1.63. The fourth-order valence-corrected chi connectivity index (χ4v) is 2.91. The minimum absolute atomic E-state index is 0.149. The van der Waals surface area contributed by atoms with Gasteiger partial charge in [-0.2, -0.15) is 5.10 Å². The number of nitrogens with one attached hydrogen (secondary N) is 1. The van der Waals surface area contributed by atoms with Crippen molar-refractivity contribution in [2.75, 3.05) is 7.11 Å². The molecule has 0 saturated heterocycles. The number of aromatic nitrogens is 2. The molecular formula is C20H20F3N3O. The highest BCUT2D eigenvalue weighted by atomic mass is 19.1. The third-order valence-electron chi connectivity index (χ3n) is 4.51. The zero-order valence-corrected chi connectivity index (χ0v) is 15.3. The number of nitrogens with zero attached hydrogens (tertiary/aromatic N) is 2. The van der Waals surface area contributed by atoms with Gasteiger partial charge in [0.15, 0.2) is 5.82 Å². The van der Waals surface area contributed by atoms with Crippen molar-refractivity contribution < 1.29 is 17.9 Å². The van der Waals surface area contributed by atoms with Gasteiger partial charge in [0.1, 0.15) is 23.1 Å². The third-order valence-corrected chi connectivity index (χ3v) is 4.51. The summed E-state index contributed by atoms with van der Waals surface area (Å²) in [5, 5.41) is 7.45. The van der Waals surface area contributed by atoms with Crippen molar-refractivity contribution in [2.24, 2.45) is 0 Å². The Bertz CT molecular complexity index is 956. The van der Waals surface area contributed by atoms with Gasteiger partial charge in [-0.3, -0.25) is 0 Å². The Morgan fingerprint density at radius 1 is 1.11 bits per heavy atom. The van der Waals surface area contributed by atoms with E-state index in [4.69, 9.17) is 4.74 Å². The molecule has 0 bridgehead atoms. The number of halogens is 3. The van der Waals surface area contributed by atoms with Gasteiger partial charge in [0.25, 0.3) is 0 Å². The van der Waals surface area contributed by atoms with Crippen molar-refractivity contribution in [3.05, 3.63) is 76.9 Å². The van der Waals surface area contributed by atoms with Crippen molar-refractivity contribution in [2.45, 2.75) is 26.4 Å². The SMILES string of the molecule is COc1ccc(CN[C@@H](C)c2cnn(-c3ccc(F)cc3F)c2C)c(F)c1. The second kappa shape index (κ2) is 7.84. The molecule has 0 aliphatic heterocycles. The summed E-state index contributed by atoms with van der Waals surface area (Å²) in [7, 11) is 1.49. The van der Waals surface area contributed by atoms with E-state index >= 15 is 0 Å². The van der Waals surface area contributed by atoms with E-state index < -0.39 is 11.6 Å². The lowest BCUT2D eigenvalue weighted by molar-refractivity contribution is 0.410. The molecule has 0 aliphatic carbocycles.